The smallest absolute Gasteiger partial charge is 0.289 e. The number of ether oxygens (including phenoxy) is 1. The molecule has 3 heterocycles. The number of likely N-dealkylation sites (tertiary alicyclic amines) is 1. The fraction of sp³-hybridized carbons (Fsp3) is 0.722. The zero-order valence-electron chi connectivity index (χ0n) is 15.0. The van der Waals surface area contributed by atoms with Gasteiger partial charge in [-0.2, -0.15) is 0 Å². The molecule has 6 nitrogen and oxygen atoms in total. The number of amides is 1. The van der Waals surface area contributed by atoms with Crippen LogP contribution < -0.4 is 0 Å². The molecule has 1 aromatic rings. The summed E-state index contributed by atoms with van der Waals surface area (Å²) in [4.78, 5) is 19.2. The average Bonchev–Trinajstić information content (AvgIpc) is 2.88. The van der Waals surface area contributed by atoms with Crippen molar-refractivity contribution in [1.29, 1.82) is 0 Å². The second-order valence-electron chi connectivity index (χ2n) is 7.22. The third kappa shape index (κ3) is 4.18. The maximum absolute atomic E-state index is 12.6. The third-order valence-corrected chi connectivity index (χ3v) is 5.03. The molecule has 134 valence electrons. The van der Waals surface area contributed by atoms with Crippen molar-refractivity contribution in [2.24, 2.45) is 5.92 Å². The molecule has 2 saturated heterocycles. The minimum Gasteiger partial charge on any atom is -0.456 e. The number of carbonyl (C=O) groups is 1. The predicted molar refractivity (Wildman–Crippen MR) is 92.2 cm³/mol. The van der Waals surface area contributed by atoms with Crippen molar-refractivity contribution in [2.75, 3.05) is 60.0 Å². The van der Waals surface area contributed by atoms with Gasteiger partial charge in [-0.1, -0.05) is 0 Å². The first-order valence-electron chi connectivity index (χ1n) is 8.87. The second-order valence-corrected chi connectivity index (χ2v) is 7.22. The molecule has 2 aliphatic heterocycles. The molecule has 0 bridgehead atoms. The summed E-state index contributed by atoms with van der Waals surface area (Å²) < 4.78 is 11.6. The van der Waals surface area contributed by atoms with Gasteiger partial charge in [-0.15, -0.1) is 0 Å². The van der Waals surface area contributed by atoms with Gasteiger partial charge in [0.1, 0.15) is 5.76 Å². The summed E-state index contributed by atoms with van der Waals surface area (Å²) in [6.07, 6.45) is 1.14. The van der Waals surface area contributed by atoms with E-state index in [1.165, 1.54) is 0 Å². The summed E-state index contributed by atoms with van der Waals surface area (Å²) in [5.74, 6) is 1.71. The van der Waals surface area contributed by atoms with Crippen molar-refractivity contribution in [2.45, 2.75) is 19.4 Å². The maximum atomic E-state index is 12.6. The summed E-state index contributed by atoms with van der Waals surface area (Å²) in [6.45, 7) is 8.26. The van der Waals surface area contributed by atoms with Crippen LogP contribution in [0.4, 0.5) is 0 Å². The molecule has 0 aliphatic carbocycles. The van der Waals surface area contributed by atoms with Gasteiger partial charge in [-0.3, -0.25) is 9.69 Å². The highest BCUT2D eigenvalue weighted by molar-refractivity contribution is 5.91. The summed E-state index contributed by atoms with van der Waals surface area (Å²) in [6, 6.07) is 3.60. The molecule has 2 aliphatic rings. The minimum atomic E-state index is -0.0149. The Hall–Kier alpha value is -1.37. The van der Waals surface area contributed by atoms with E-state index in [4.69, 9.17) is 9.15 Å². The number of hydrogen-bond donors (Lipinski definition) is 0. The minimum absolute atomic E-state index is 0.0149. The lowest BCUT2D eigenvalue weighted by molar-refractivity contribution is -0.0179. The van der Waals surface area contributed by atoms with Gasteiger partial charge in [0, 0.05) is 45.2 Å². The highest BCUT2D eigenvalue weighted by Gasteiger charge is 2.35. The van der Waals surface area contributed by atoms with Crippen molar-refractivity contribution in [3.63, 3.8) is 0 Å². The van der Waals surface area contributed by atoms with Crippen molar-refractivity contribution in [3.05, 3.63) is 23.7 Å². The van der Waals surface area contributed by atoms with Crippen LogP contribution in [0.15, 0.2) is 16.5 Å². The van der Waals surface area contributed by atoms with Crippen LogP contribution in [-0.4, -0.2) is 86.7 Å². The van der Waals surface area contributed by atoms with E-state index in [9.17, 15) is 4.79 Å². The number of hydrogen-bond acceptors (Lipinski definition) is 5. The van der Waals surface area contributed by atoms with Gasteiger partial charge in [0.2, 0.25) is 0 Å². The highest BCUT2D eigenvalue weighted by atomic mass is 16.5. The van der Waals surface area contributed by atoms with Crippen LogP contribution in [0.3, 0.4) is 0 Å². The van der Waals surface area contributed by atoms with Crippen molar-refractivity contribution < 1.29 is 13.9 Å². The van der Waals surface area contributed by atoms with Crippen molar-refractivity contribution >= 4 is 5.91 Å². The number of furan rings is 1. The van der Waals surface area contributed by atoms with E-state index < -0.39 is 0 Å². The Kier molecular flexibility index (Phi) is 5.58. The Labute approximate surface area is 144 Å². The van der Waals surface area contributed by atoms with Crippen LogP contribution in [0.2, 0.25) is 0 Å². The lowest BCUT2D eigenvalue weighted by atomic mass is 9.93. The molecule has 6 heteroatoms. The molecule has 1 aromatic heterocycles. The molecule has 3 rings (SSSR count). The van der Waals surface area contributed by atoms with Gasteiger partial charge in [0.05, 0.1) is 12.7 Å². The predicted octanol–water partition coefficient (Wildman–Crippen LogP) is 1.31. The van der Waals surface area contributed by atoms with Gasteiger partial charge in [-0.25, -0.2) is 0 Å². The third-order valence-electron chi connectivity index (χ3n) is 5.03. The Morgan fingerprint density at radius 2 is 2.12 bits per heavy atom. The molecular formula is C18H29N3O3. The van der Waals surface area contributed by atoms with Gasteiger partial charge >= 0.3 is 0 Å². The number of piperidine rings is 1. The van der Waals surface area contributed by atoms with E-state index in [1.54, 1.807) is 6.07 Å². The Balaban J connectivity index is 1.57. The average molecular weight is 335 g/mol. The Morgan fingerprint density at radius 1 is 1.29 bits per heavy atom. The molecule has 0 aromatic carbocycles. The maximum Gasteiger partial charge on any atom is 0.289 e. The van der Waals surface area contributed by atoms with E-state index in [0.29, 0.717) is 18.2 Å². The molecule has 0 radical (unpaired) electrons. The Bertz CT molecular complexity index is 557. The monoisotopic (exact) mass is 335 g/mol. The van der Waals surface area contributed by atoms with Crippen LogP contribution in [0.5, 0.6) is 0 Å². The molecule has 0 N–H and O–H groups in total. The molecule has 0 spiro atoms. The van der Waals surface area contributed by atoms with Gasteiger partial charge in [0.15, 0.2) is 5.76 Å². The summed E-state index contributed by atoms with van der Waals surface area (Å²) in [7, 11) is 4.22. The number of nitrogens with zero attached hydrogens (tertiary/aromatic N) is 3. The lowest BCUT2D eigenvalue weighted by Crippen LogP contribution is -2.49. The fourth-order valence-electron chi connectivity index (χ4n) is 3.55. The van der Waals surface area contributed by atoms with Crippen LogP contribution in [0.1, 0.15) is 22.7 Å². The first kappa shape index (κ1) is 17.5. The molecule has 0 saturated carbocycles. The van der Waals surface area contributed by atoms with Crippen LogP contribution in [0, 0.1) is 12.8 Å². The first-order valence-corrected chi connectivity index (χ1v) is 8.87. The van der Waals surface area contributed by atoms with Crippen molar-refractivity contribution in [3.8, 4) is 0 Å². The number of fused-ring (bicyclic) bond motifs is 1. The van der Waals surface area contributed by atoms with Crippen LogP contribution >= 0.6 is 0 Å². The van der Waals surface area contributed by atoms with Gasteiger partial charge < -0.3 is 19.0 Å². The largest absolute Gasteiger partial charge is 0.456 e. The number of rotatable bonds is 4. The summed E-state index contributed by atoms with van der Waals surface area (Å²) >= 11 is 0. The molecule has 0 unspecified atom stereocenters. The van der Waals surface area contributed by atoms with Gasteiger partial charge in [-0.05, 0) is 39.6 Å². The summed E-state index contributed by atoms with van der Waals surface area (Å²) in [5, 5.41) is 0. The SMILES string of the molecule is Cc1ccc(C(=O)N2CC[C@H]3CN(CCN(C)C)CCO[C@H]3C2)o1. The fourth-order valence-corrected chi connectivity index (χ4v) is 3.55. The first-order chi connectivity index (χ1) is 11.5. The zero-order valence-corrected chi connectivity index (χ0v) is 15.0. The van der Waals surface area contributed by atoms with Crippen LogP contribution in [0.25, 0.3) is 0 Å². The topological polar surface area (TPSA) is 49.2 Å². The van der Waals surface area contributed by atoms with E-state index in [1.807, 2.05) is 17.9 Å². The van der Waals surface area contributed by atoms with Crippen molar-refractivity contribution in [1.82, 2.24) is 14.7 Å². The normalized spacial score (nSPS) is 25.6. The van der Waals surface area contributed by atoms with E-state index >= 15 is 0 Å². The molecule has 24 heavy (non-hydrogen) atoms. The number of aryl methyl sites for hydroxylation is 1. The summed E-state index contributed by atoms with van der Waals surface area (Å²) in [5.41, 5.74) is 0. The zero-order chi connectivity index (χ0) is 17.1. The molecular weight excluding hydrogens is 306 g/mol. The van der Waals surface area contributed by atoms with E-state index in [0.717, 1.165) is 51.5 Å². The Morgan fingerprint density at radius 3 is 2.83 bits per heavy atom. The molecule has 1 amide bonds. The number of likely N-dealkylation sites (N-methyl/N-ethyl adjacent to an activating group) is 1. The van der Waals surface area contributed by atoms with E-state index in [-0.39, 0.29) is 12.0 Å². The quantitative estimate of drug-likeness (QED) is 0.830. The van der Waals surface area contributed by atoms with Crippen LogP contribution in [-0.2, 0) is 4.74 Å². The second kappa shape index (κ2) is 7.68. The lowest BCUT2D eigenvalue weighted by Gasteiger charge is -2.37. The number of carbonyl (C=O) groups excluding carboxylic acids is 1. The highest BCUT2D eigenvalue weighted by Crippen LogP contribution is 2.25. The molecule has 2 fully saturated rings. The molecule has 2 atom stereocenters. The standard InChI is InChI=1S/C18H29N3O3/c1-14-4-5-16(24-14)18(22)21-7-6-15-12-20(9-8-19(2)3)10-11-23-17(15)13-21/h4-5,15,17H,6-13H2,1-3H3/t15-,17-/m0/s1. The van der Waals surface area contributed by atoms with E-state index in [2.05, 4.69) is 23.9 Å². The van der Waals surface area contributed by atoms with Gasteiger partial charge in [0.25, 0.3) is 5.91 Å².